The molecule has 458 valence electrons. The first-order valence-electron chi connectivity index (χ1n) is 30.8. The molecule has 1 aromatic heterocycles. The Kier molecular flexibility index (Phi) is 20.8. The number of allylic oxidation sites excluding steroid dienone is 2. The molecule has 0 radical (unpaired) electrons. The molecule has 0 amide bonds. The smallest absolute Gasteiger partial charge is 0.165 e. The number of ether oxygens (including phenoxy) is 1. The number of aromatic nitrogens is 1. The average Bonchev–Trinajstić information content (AvgIpc) is 2.21. The van der Waals surface area contributed by atoms with Gasteiger partial charge in [0.25, 0.3) is 0 Å². The normalized spacial score (nSPS) is 25.9. The predicted octanol–water partition coefficient (Wildman–Crippen LogP) is 11.6. The molecule has 87 heavy (non-hydrogen) atoms. The fraction of sp³-hybridized carbons (Fsp3) is 0.437. The van der Waals surface area contributed by atoms with E-state index >= 15 is 0 Å². The zero-order chi connectivity index (χ0) is 60.7. The topological polar surface area (TPSA) is 233 Å². The maximum Gasteiger partial charge on any atom is 0.165 e. The number of nitrogens with one attached hydrogen (secondary N) is 1. The van der Waals surface area contributed by atoms with Crippen LogP contribution in [0.3, 0.4) is 0 Å². The second-order valence-corrected chi connectivity index (χ2v) is 30.1. The van der Waals surface area contributed by atoms with Crippen LogP contribution >= 0.6 is 43.2 Å². The molecule has 5 aliphatic rings. The summed E-state index contributed by atoms with van der Waals surface area (Å²) in [5, 5.41) is 69.3. The number of Topliss-reactive ketones (excluding diaryl/α,β-unsaturated/α-hetero) is 1. The molecular formula is C71H81N3O9S4. The molecule has 11 rings (SSSR count). The van der Waals surface area contributed by atoms with Crippen LogP contribution < -0.4 is 16.2 Å². The molecule has 1 saturated heterocycles. The Bertz CT molecular complexity index is 3510. The van der Waals surface area contributed by atoms with Gasteiger partial charge in [0, 0.05) is 82.7 Å². The summed E-state index contributed by atoms with van der Waals surface area (Å²) in [6, 6.07) is 33.7. The number of aromatic amines is 1. The molecule has 16 heteroatoms. The number of carbonyl (C=O) groups is 2. The van der Waals surface area contributed by atoms with Gasteiger partial charge in [0.05, 0.1) is 44.1 Å². The van der Waals surface area contributed by atoms with Crippen molar-refractivity contribution in [3.05, 3.63) is 194 Å². The van der Waals surface area contributed by atoms with Crippen LogP contribution in [-0.4, -0.2) is 96.0 Å². The van der Waals surface area contributed by atoms with Gasteiger partial charge in [-0.1, -0.05) is 134 Å². The number of aromatic hydroxyl groups is 2. The van der Waals surface area contributed by atoms with Crippen LogP contribution in [0.2, 0.25) is 0 Å². The molecule has 1 spiro atoms. The second kappa shape index (κ2) is 28.6. The number of ketones is 2. The highest BCUT2D eigenvalue weighted by Gasteiger charge is 2.53. The Hall–Kier alpha value is -5.42. The largest absolute Gasteiger partial charge is 0.508 e. The Morgan fingerprint density at radius 2 is 1.59 bits per heavy atom. The molecule has 2 aliphatic heterocycles. The maximum absolute atomic E-state index is 14.5. The van der Waals surface area contributed by atoms with E-state index in [1.807, 2.05) is 24.3 Å². The minimum Gasteiger partial charge on any atom is -0.508 e. The van der Waals surface area contributed by atoms with Crippen molar-refractivity contribution in [3.63, 3.8) is 0 Å². The van der Waals surface area contributed by atoms with Gasteiger partial charge in [0.2, 0.25) is 0 Å². The lowest BCUT2D eigenvalue weighted by Crippen LogP contribution is -2.37. The molecule has 11 N–H and O–H groups in total. The third kappa shape index (κ3) is 15.1. The van der Waals surface area contributed by atoms with Crippen LogP contribution in [0.1, 0.15) is 147 Å². The van der Waals surface area contributed by atoms with Crippen molar-refractivity contribution >= 4 is 54.7 Å². The Morgan fingerprint density at radius 3 is 2.40 bits per heavy atom. The summed E-state index contributed by atoms with van der Waals surface area (Å²) in [6.45, 7) is -0.148. The van der Waals surface area contributed by atoms with Gasteiger partial charge in [-0.05, 0) is 180 Å². The standard InChI is InChI=1S/C71H81N3O9S4/c72-69(73)60-33-49-7-4-8-64-58(21-25-74-64)67(81)35-61-59(49)34-53(60)40-84-86-41-54-36-70(24-20-55(77)15-11-46-14-18-66(80)68(29-46)83-26-22-47-13-17-65(79)62(61)28-47)23-19-48(32-56(78)37-75)50-30-51-27-45(10-9-44-5-2-1-3-6-44)12-16-57(51)63(38-76)52(31-50)39-85-87-43-71(54,82)42-70/h1-3,5-6,12-14,16-18,20-21,24-25,27-29,33-34,48,50,52,54,56,61,63,69,74-76,78-80,82H,8-11,15,19,22-23,26,30-32,35-43,72-73H2. The van der Waals surface area contributed by atoms with Crippen molar-refractivity contribution < 1.29 is 45.0 Å². The number of nitrogens with two attached hydrogens (primary N) is 2. The number of rotatable bonds is 8. The fourth-order valence-corrected chi connectivity index (χ4v) is 20.0. The molecule has 9 atom stereocenters. The number of phenols is 2. The quantitative estimate of drug-likeness (QED) is 0.0392. The summed E-state index contributed by atoms with van der Waals surface area (Å²) >= 11 is 0. The highest BCUT2D eigenvalue weighted by molar-refractivity contribution is 8.77. The number of phenolic OH excluding ortho intramolecular Hbond substituents is 2. The van der Waals surface area contributed by atoms with Crippen molar-refractivity contribution in [1.82, 2.24) is 4.98 Å². The molecule has 1 saturated carbocycles. The summed E-state index contributed by atoms with van der Waals surface area (Å²) in [6.07, 6.45) is 11.5. The number of hydrogen-bond acceptors (Lipinski definition) is 15. The minimum atomic E-state index is -1.12. The van der Waals surface area contributed by atoms with Gasteiger partial charge in [0.15, 0.2) is 23.1 Å². The van der Waals surface area contributed by atoms with Gasteiger partial charge in [-0.3, -0.25) is 9.59 Å². The highest BCUT2D eigenvalue weighted by Crippen LogP contribution is 2.57. The molecular weight excluding hydrogens is 1170 g/mol. The van der Waals surface area contributed by atoms with Gasteiger partial charge < -0.3 is 51.8 Å². The molecule has 6 aromatic rings. The first-order chi connectivity index (χ1) is 42.2. The number of aliphatic hydroxyl groups excluding tert-OH is 3. The van der Waals surface area contributed by atoms with E-state index in [9.17, 15) is 40.2 Å². The number of fused-ring (bicyclic) bond motifs is 13. The SMILES string of the molecule is NC(N)c1cc2c3cc1CSSCC1CC4(C=CC(=O)CCc5ccc(O)c(c5)OCCc5ccc(O)c(c5)C3CC(=O)c3cc[nH]c3CC#C2)CCC(CC(O)CO)C2Cc3cc(CCc5ccccc5)ccc3C(CO)C(CSSCC1(O)C4)C2. The lowest BCUT2D eigenvalue weighted by atomic mass is 9.72. The van der Waals surface area contributed by atoms with Crippen LogP contribution in [0.5, 0.6) is 17.2 Å². The summed E-state index contributed by atoms with van der Waals surface area (Å²) in [4.78, 5) is 31.9. The van der Waals surface area contributed by atoms with Crippen molar-refractivity contribution in [2.45, 2.75) is 125 Å². The van der Waals surface area contributed by atoms with Crippen LogP contribution in [0.4, 0.5) is 0 Å². The number of hydrogen-bond donors (Lipinski definition) is 9. The monoisotopic (exact) mass is 1250 g/mol. The van der Waals surface area contributed by atoms with Crippen molar-refractivity contribution in [2.24, 2.45) is 40.6 Å². The third-order valence-electron chi connectivity index (χ3n) is 19.3. The van der Waals surface area contributed by atoms with E-state index in [2.05, 4.69) is 71.4 Å². The molecule has 3 aliphatic carbocycles. The van der Waals surface area contributed by atoms with Gasteiger partial charge in [0.1, 0.15) is 5.75 Å². The van der Waals surface area contributed by atoms with Crippen molar-refractivity contribution in [1.29, 1.82) is 0 Å². The molecule has 9 unspecified atom stereocenters. The first-order valence-corrected chi connectivity index (χ1v) is 35.8. The van der Waals surface area contributed by atoms with E-state index in [0.29, 0.717) is 91.1 Å². The van der Waals surface area contributed by atoms with E-state index in [-0.39, 0.29) is 85.3 Å². The van der Waals surface area contributed by atoms with E-state index in [4.69, 9.17) is 16.2 Å². The number of benzene rings is 5. The number of aryl methyl sites for hydroxylation is 3. The van der Waals surface area contributed by atoms with E-state index in [1.54, 1.807) is 85.8 Å². The summed E-state index contributed by atoms with van der Waals surface area (Å²) in [5.41, 5.74) is 23.1. The van der Waals surface area contributed by atoms with Gasteiger partial charge >= 0.3 is 0 Å². The number of aliphatic hydroxyl groups is 4. The molecule has 11 bridgehead atoms. The van der Waals surface area contributed by atoms with Crippen molar-refractivity contribution in [2.75, 3.05) is 37.1 Å². The molecule has 12 nitrogen and oxygen atoms in total. The Labute approximate surface area is 527 Å². The van der Waals surface area contributed by atoms with Gasteiger partial charge in [-0.25, -0.2) is 0 Å². The van der Waals surface area contributed by atoms with Gasteiger partial charge in [-0.15, -0.1) is 0 Å². The van der Waals surface area contributed by atoms with E-state index in [1.165, 1.54) is 22.3 Å². The first kappa shape index (κ1) is 63.2. The fourth-order valence-electron chi connectivity index (χ4n) is 14.5. The Morgan fingerprint density at radius 1 is 0.782 bits per heavy atom. The maximum atomic E-state index is 14.5. The van der Waals surface area contributed by atoms with Crippen LogP contribution in [0.15, 0.2) is 121 Å². The average molecular weight is 1250 g/mol. The van der Waals surface area contributed by atoms with Crippen LogP contribution in [-0.2, 0) is 49.1 Å². The highest BCUT2D eigenvalue weighted by atomic mass is 33.1. The Balaban J connectivity index is 0.944. The number of H-pyrrole nitrogens is 1. The van der Waals surface area contributed by atoms with Gasteiger partial charge in [-0.2, -0.15) is 0 Å². The predicted molar refractivity (Wildman–Crippen MR) is 352 cm³/mol. The van der Waals surface area contributed by atoms with Crippen LogP contribution in [0, 0.1) is 40.9 Å². The van der Waals surface area contributed by atoms with E-state index in [0.717, 1.165) is 64.9 Å². The number of carbonyl (C=O) groups excluding carboxylic acids is 2. The zero-order valence-electron chi connectivity index (χ0n) is 49.2. The molecule has 2 fully saturated rings. The summed E-state index contributed by atoms with van der Waals surface area (Å²) in [5.74, 6) is 8.56. The minimum absolute atomic E-state index is 0.00970. The summed E-state index contributed by atoms with van der Waals surface area (Å²) in [7, 11) is 6.79. The van der Waals surface area contributed by atoms with Crippen molar-refractivity contribution in [3.8, 4) is 29.1 Å². The molecule has 3 heterocycles. The zero-order valence-corrected chi connectivity index (χ0v) is 52.5. The lowest BCUT2D eigenvalue weighted by Gasteiger charge is -2.34. The van der Waals surface area contributed by atoms with E-state index < -0.39 is 29.2 Å². The second-order valence-electron chi connectivity index (χ2n) is 25.1. The summed E-state index contributed by atoms with van der Waals surface area (Å²) < 4.78 is 6.25. The lowest BCUT2D eigenvalue weighted by molar-refractivity contribution is -0.114. The molecule has 5 aromatic carbocycles. The van der Waals surface area contributed by atoms with Crippen LogP contribution in [0.25, 0.3) is 0 Å². The third-order valence-corrected chi connectivity index (χ3v) is 24.3.